The zero-order valence-electron chi connectivity index (χ0n) is 13.5. The monoisotopic (exact) mass is 299 g/mol. The zero-order valence-corrected chi connectivity index (χ0v) is 14.3. The second-order valence-corrected chi connectivity index (χ2v) is 6.73. The van der Waals surface area contributed by atoms with E-state index in [1.165, 1.54) is 26.8 Å². The Balaban J connectivity index is 2.41. The van der Waals surface area contributed by atoms with Gasteiger partial charge in [0.05, 0.1) is 10.4 Å². The Morgan fingerprint density at radius 1 is 1.24 bits per heavy atom. The lowest BCUT2D eigenvalue weighted by Gasteiger charge is -2.11. The average molecular weight is 299 g/mol. The molecule has 2 rings (SSSR count). The molecular weight excluding hydrogens is 276 g/mol. The van der Waals surface area contributed by atoms with Crippen molar-refractivity contribution < 1.29 is 4.57 Å². The van der Waals surface area contributed by atoms with Gasteiger partial charge in [-0.2, -0.15) is 4.57 Å². The van der Waals surface area contributed by atoms with Gasteiger partial charge in [-0.3, -0.25) is 0 Å². The number of rotatable bonds is 4. The Bertz CT molecular complexity index is 676. The third kappa shape index (κ3) is 3.42. The Hall–Kier alpha value is -1.87. The van der Waals surface area contributed by atoms with Crippen molar-refractivity contribution in [2.75, 3.05) is 19.0 Å². The summed E-state index contributed by atoms with van der Waals surface area (Å²) in [4.78, 5) is 3.44. The van der Waals surface area contributed by atoms with Gasteiger partial charge in [-0.05, 0) is 38.1 Å². The van der Waals surface area contributed by atoms with E-state index in [-0.39, 0.29) is 0 Å². The van der Waals surface area contributed by atoms with E-state index in [1.54, 1.807) is 0 Å². The summed E-state index contributed by atoms with van der Waals surface area (Å²) in [6.07, 6.45) is 4.21. The zero-order chi connectivity index (χ0) is 15.6. The normalized spacial score (nSPS) is 11.1. The Kier molecular flexibility index (Phi) is 4.63. The molecule has 3 heteroatoms. The Morgan fingerprint density at radius 3 is 2.38 bits per heavy atom. The first kappa shape index (κ1) is 15.5. The Morgan fingerprint density at radius 2 is 1.86 bits per heavy atom. The van der Waals surface area contributed by atoms with Gasteiger partial charge in [0.2, 0.25) is 5.69 Å². The quantitative estimate of drug-likeness (QED) is 0.606. The number of hydrogen-bond acceptors (Lipinski definition) is 2. The van der Waals surface area contributed by atoms with Crippen molar-refractivity contribution in [1.82, 2.24) is 0 Å². The van der Waals surface area contributed by atoms with E-state index in [0.717, 1.165) is 5.57 Å². The second-order valence-electron chi connectivity index (χ2n) is 5.53. The molecule has 1 heterocycles. The SMILES string of the molecule is C=C(C)/C=C\c1c(C)sc(-c2ccc(N(C)C)cc2)[n+]1C. The molecule has 0 aliphatic carbocycles. The van der Waals surface area contributed by atoms with Gasteiger partial charge in [0.1, 0.15) is 7.05 Å². The first-order chi connectivity index (χ1) is 9.90. The highest BCUT2D eigenvalue weighted by atomic mass is 32.1. The van der Waals surface area contributed by atoms with Crippen LogP contribution in [0.25, 0.3) is 16.6 Å². The lowest BCUT2D eigenvalue weighted by Crippen LogP contribution is -2.31. The van der Waals surface area contributed by atoms with Crippen LogP contribution in [0, 0.1) is 6.92 Å². The summed E-state index contributed by atoms with van der Waals surface area (Å²) in [7, 11) is 6.24. The van der Waals surface area contributed by atoms with Gasteiger partial charge in [0.15, 0.2) is 0 Å². The van der Waals surface area contributed by atoms with Crippen LogP contribution < -0.4 is 9.47 Å². The third-order valence-corrected chi connectivity index (χ3v) is 4.65. The summed E-state index contributed by atoms with van der Waals surface area (Å²) in [6, 6.07) is 8.70. The summed E-state index contributed by atoms with van der Waals surface area (Å²) in [5.74, 6) is 0. The fourth-order valence-electron chi connectivity index (χ4n) is 2.22. The molecule has 1 aromatic carbocycles. The van der Waals surface area contributed by atoms with Crippen LogP contribution in [0.2, 0.25) is 0 Å². The van der Waals surface area contributed by atoms with Gasteiger partial charge >= 0.3 is 0 Å². The van der Waals surface area contributed by atoms with Crippen molar-refractivity contribution in [1.29, 1.82) is 0 Å². The minimum absolute atomic E-state index is 1.07. The summed E-state index contributed by atoms with van der Waals surface area (Å²) >= 11 is 1.83. The molecule has 0 saturated carbocycles. The molecular formula is C18H23N2S+. The number of hydrogen-bond donors (Lipinski definition) is 0. The standard InChI is InChI=1S/C18H23N2S/c1-13(2)7-12-17-14(3)21-18(20(17)6)15-8-10-16(11-9-15)19(4)5/h7-12H,1H2,2-6H3/q+1/b12-7-. The molecule has 0 spiro atoms. The van der Waals surface area contributed by atoms with Crippen LogP contribution in [0.3, 0.4) is 0 Å². The Labute approximate surface area is 131 Å². The molecule has 0 bridgehead atoms. The first-order valence-corrected chi connectivity index (χ1v) is 7.82. The van der Waals surface area contributed by atoms with Crippen molar-refractivity contribution in [3.05, 3.63) is 53.1 Å². The van der Waals surface area contributed by atoms with Gasteiger partial charge in [-0.25, -0.2) is 0 Å². The van der Waals surface area contributed by atoms with Gasteiger partial charge in [-0.1, -0.05) is 29.6 Å². The van der Waals surface area contributed by atoms with E-state index in [2.05, 4.69) is 80.5 Å². The second kappa shape index (κ2) is 6.27. The number of aromatic nitrogens is 1. The molecule has 2 nitrogen and oxygen atoms in total. The van der Waals surface area contributed by atoms with Crippen molar-refractivity contribution >= 4 is 23.1 Å². The van der Waals surface area contributed by atoms with Crippen molar-refractivity contribution in [2.24, 2.45) is 7.05 Å². The molecule has 1 aromatic heterocycles. The summed E-state index contributed by atoms with van der Waals surface area (Å²) in [6.45, 7) is 8.10. The van der Waals surface area contributed by atoms with Gasteiger partial charge in [0.25, 0.3) is 5.01 Å². The lowest BCUT2D eigenvalue weighted by molar-refractivity contribution is -0.658. The van der Waals surface area contributed by atoms with Gasteiger partial charge in [-0.15, -0.1) is 0 Å². The average Bonchev–Trinajstić information content (AvgIpc) is 2.72. The van der Waals surface area contributed by atoms with Crippen LogP contribution >= 0.6 is 11.3 Å². The first-order valence-electron chi connectivity index (χ1n) is 7.01. The molecule has 0 saturated heterocycles. The van der Waals surface area contributed by atoms with Crippen molar-refractivity contribution in [3.8, 4) is 10.6 Å². The number of thiazole rings is 1. The van der Waals surface area contributed by atoms with Crippen molar-refractivity contribution in [3.63, 3.8) is 0 Å². The summed E-state index contributed by atoms with van der Waals surface area (Å²) in [5, 5.41) is 1.28. The maximum Gasteiger partial charge on any atom is 0.269 e. The highest BCUT2D eigenvalue weighted by Crippen LogP contribution is 2.27. The van der Waals surface area contributed by atoms with Gasteiger partial charge < -0.3 is 4.90 Å². The summed E-state index contributed by atoms with van der Waals surface area (Å²) in [5.41, 5.74) is 4.79. The number of benzene rings is 1. The van der Waals surface area contributed by atoms with E-state index >= 15 is 0 Å². The molecule has 0 aliphatic heterocycles. The molecule has 0 unspecified atom stereocenters. The smallest absolute Gasteiger partial charge is 0.269 e. The fourth-order valence-corrected chi connectivity index (χ4v) is 3.31. The van der Waals surface area contributed by atoms with E-state index in [9.17, 15) is 0 Å². The van der Waals surface area contributed by atoms with Crippen LogP contribution in [0.4, 0.5) is 5.69 Å². The molecule has 0 atom stereocenters. The number of nitrogens with zero attached hydrogens (tertiary/aromatic N) is 2. The predicted octanol–water partition coefficient (Wildman–Crippen LogP) is 4.20. The molecule has 110 valence electrons. The molecule has 2 aromatic rings. The molecule has 0 radical (unpaired) electrons. The molecule has 0 fully saturated rings. The predicted molar refractivity (Wildman–Crippen MR) is 93.8 cm³/mol. The minimum Gasteiger partial charge on any atom is -0.378 e. The maximum atomic E-state index is 3.92. The van der Waals surface area contributed by atoms with Crippen LogP contribution in [0.5, 0.6) is 0 Å². The molecule has 0 N–H and O–H groups in total. The lowest BCUT2D eigenvalue weighted by atomic mass is 10.2. The van der Waals surface area contributed by atoms with E-state index < -0.39 is 0 Å². The number of anilines is 1. The van der Waals surface area contributed by atoms with Crippen LogP contribution in [-0.2, 0) is 7.05 Å². The van der Waals surface area contributed by atoms with Crippen molar-refractivity contribution in [2.45, 2.75) is 13.8 Å². The third-order valence-electron chi connectivity index (χ3n) is 3.43. The van der Waals surface area contributed by atoms with E-state index in [0.29, 0.717) is 0 Å². The van der Waals surface area contributed by atoms with E-state index in [4.69, 9.17) is 0 Å². The van der Waals surface area contributed by atoms with Crippen LogP contribution in [-0.4, -0.2) is 14.1 Å². The van der Waals surface area contributed by atoms with E-state index in [1.807, 2.05) is 18.3 Å². The maximum absolute atomic E-state index is 3.92. The number of allylic oxidation sites excluding steroid dienone is 2. The largest absolute Gasteiger partial charge is 0.378 e. The summed E-state index contributed by atoms with van der Waals surface area (Å²) < 4.78 is 2.25. The minimum atomic E-state index is 1.07. The highest BCUT2D eigenvalue weighted by molar-refractivity contribution is 7.14. The topological polar surface area (TPSA) is 7.12 Å². The fraction of sp³-hybridized carbons (Fsp3) is 0.278. The number of aryl methyl sites for hydroxylation is 1. The van der Waals surface area contributed by atoms with Crippen LogP contribution in [0.1, 0.15) is 17.5 Å². The molecule has 0 aliphatic rings. The van der Waals surface area contributed by atoms with Crippen LogP contribution in [0.15, 0.2) is 42.5 Å². The highest BCUT2D eigenvalue weighted by Gasteiger charge is 2.20. The molecule has 0 amide bonds. The molecule has 21 heavy (non-hydrogen) atoms. The van der Waals surface area contributed by atoms with Gasteiger partial charge in [0, 0.05) is 25.9 Å².